The number of nitrogens with zero attached hydrogens (tertiary/aromatic N) is 1. The Balaban J connectivity index is 1.88. The molecule has 1 atom stereocenters. The van der Waals surface area contributed by atoms with Crippen molar-refractivity contribution in [3.05, 3.63) is 23.5 Å². The summed E-state index contributed by atoms with van der Waals surface area (Å²) < 4.78 is 5.36. The number of amides is 1. The van der Waals surface area contributed by atoms with Gasteiger partial charge in [-0.3, -0.25) is 4.79 Å². The van der Waals surface area contributed by atoms with E-state index >= 15 is 0 Å². The van der Waals surface area contributed by atoms with E-state index in [1.54, 1.807) is 0 Å². The van der Waals surface area contributed by atoms with Gasteiger partial charge in [-0.25, -0.2) is 0 Å². The molecular weight excluding hydrogens is 204 g/mol. The molecule has 3 heterocycles. The molecule has 0 saturated carbocycles. The fraction of sp³-hybridized carbons (Fsp3) is 0.583. The maximum absolute atomic E-state index is 12.3. The van der Waals surface area contributed by atoms with Crippen molar-refractivity contribution in [2.45, 2.75) is 25.3 Å². The molecule has 2 aliphatic rings. The standard InChI is InChI=1S/C12H16N2O2/c15-12-11-9(3-5-13-11)2-1-6-14(12)10-4-7-16-8-10/h3,5,10,13H,1-2,4,6-8H2. The summed E-state index contributed by atoms with van der Waals surface area (Å²) in [5.41, 5.74) is 1.94. The molecule has 1 N–H and O–H groups in total. The third kappa shape index (κ3) is 1.53. The van der Waals surface area contributed by atoms with Gasteiger partial charge in [-0.2, -0.15) is 0 Å². The third-order valence-electron chi connectivity index (χ3n) is 3.50. The van der Waals surface area contributed by atoms with Crippen LogP contribution in [0.2, 0.25) is 0 Å². The van der Waals surface area contributed by atoms with Crippen molar-refractivity contribution in [3.63, 3.8) is 0 Å². The number of fused-ring (bicyclic) bond motifs is 1. The predicted molar refractivity (Wildman–Crippen MR) is 59.4 cm³/mol. The van der Waals surface area contributed by atoms with Crippen LogP contribution >= 0.6 is 0 Å². The van der Waals surface area contributed by atoms with Crippen LogP contribution in [0.3, 0.4) is 0 Å². The molecule has 1 aromatic rings. The SMILES string of the molecule is O=C1c2[nH]ccc2CCCN1C1CCOC1. The Morgan fingerprint density at radius 3 is 3.25 bits per heavy atom. The topological polar surface area (TPSA) is 45.3 Å². The number of hydrogen-bond acceptors (Lipinski definition) is 2. The second-order valence-corrected chi connectivity index (χ2v) is 4.50. The van der Waals surface area contributed by atoms with Gasteiger partial charge in [-0.15, -0.1) is 0 Å². The molecule has 86 valence electrons. The van der Waals surface area contributed by atoms with Crippen molar-refractivity contribution >= 4 is 5.91 Å². The quantitative estimate of drug-likeness (QED) is 0.772. The van der Waals surface area contributed by atoms with Gasteiger partial charge in [0, 0.05) is 19.3 Å². The number of aromatic nitrogens is 1. The van der Waals surface area contributed by atoms with Gasteiger partial charge < -0.3 is 14.6 Å². The van der Waals surface area contributed by atoms with Crippen molar-refractivity contribution < 1.29 is 9.53 Å². The summed E-state index contributed by atoms with van der Waals surface area (Å²) in [5, 5.41) is 0. The number of carbonyl (C=O) groups excluding carboxylic acids is 1. The number of aromatic amines is 1. The zero-order valence-electron chi connectivity index (χ0n) is 9.24. The summed E-state index contributed by atoms with van der Waals surface area (Å²) in [6.07, 6.45) is 4.88. The van der Waals surface area contributed by atoms with Crippen LogP contribution in [0.1, 0.15) is 28.9 Å². The molecule has 1 fully saturated rings. The largest absolute Gasteiger partial charge is 0.379 e. The fourth-order valence-corrected chi connectivity index (χ4v) is 2.61. The molecule has 16 heavy (non-hydrogen) atoms. The first-order valence-corrected chi connectivity index (χ1v) is 5.91. The van der Waals surface area contributed by atoms with Crippen LogP contribution in [0.4, 0.5) is 0 Å². The highest BCUT2D eigenvalue weighted by molar-refractivity contribution is 5.94. The molecule has 1 saturated heterocycles. The summed E-state index contributed by atoms with van der Waals surface area (Å²) in [7, 11) is 0. The summed E-state index contributed by atoms with van der Waals surface area (Å²) in [4.78, 5) is 17.4. The number of rotatable bonds is 1. The van der Waals surface area contributed by atoms with E-state index in [1.807, 2.05) is 17.2 Å². The Morgan fingerprint density at radius 1 is 1.50 bits per heavy atom. The average molecular weight is 220 g/mol. The van der Waals surface area contributed by atoms with Crippen LogP contribution in [0.25, 0.3) is 0 Å². The van der Waals surface area contributed by atoms with Crippen LogP contribution < -0.4 is 0 Å². The predicted octanol–water partition coefficient (Wildman–Crippen LogP) is 1.19. The number of ether oxygens (including phenoxy) is 1. The molecule has 1 unspecified atom stereocenters. The van der Waals surface area contributed by atoms with Crippen LogP contribution in [-0.2, 0) is 11.2 Å². The lowest BCUT2D eigenvalue weighted by Crippen LogP contribution is -2.40. The normalized spacial score (nSPS) is 25.6. The first kappa shape index (κ1) is 9.90. The molecular formula is C12H16N2O2. The molecule has 4 heteroatoms. The van der Waals surface area contributed by atoms with E-state index in [0.717, 1.165) is 43.7 Å². The van der Waals surface area contributed by atoms with E-state index in [4.69, 9.17) is 4.74 Å². The molecule has 0 spiro atoms. The highest BCUT2D eigenvalue weighted by atomic mass is 16.5. The Labute approximate surface area is 94.6 Å². The minimum atomic E-state index is 0.146. The Hall–Kier alpha value is -1.29. The summed E-state index contributed by atoms with van der Waals surface area (Å²) in [6, 6.07) is 2.30. The van der Waals surface area contributed by atoms with E-state index in [9.17, 15) is 4.79 Å². The minimum absolute atomic E-state index is 0.146. The summed E-state index contributed by atoms with van der Waals surface area (Å²) in [6.45, 7) is 2.34. The highest BCUT2D eigenvalue weighted by Crippen LogP contribution is 2.22. The van der Waals surface area contributed by atoms with Crippen molar-refractivity contribution in [3.8, 4) is 0 Å². The number of aryl methyl sites for hydroxylation is 1. The monoisotopic (exact) mass is 220 g/mol. The van der Waals surface area contributed by atoms with Crippen LogP contribution in [0.5, 0.6) is 0 Å². The van der Waals surface area contributed by atoms with Gasteiger partial charge in [0.15, 0.2) is 0 Å². The van der Waals surface area contributed by atoms with E-state index < -0.39 is 0 Å². The van der Waals surface area contributed by atoms with Crippen LogP contribution in [-0.4, -0.2) is 41.6 Å². The zero-order valence-corrected chi connectivity index (χ0v) is 9.24. The molecule has 3 rings (SSSR count). The molecule has 4 nitrogen and oxygen atoms in total. The van der Waals surface area contributed by atoms with Crippen LogP contribution in [0, 0.1) is 0 Å². The lowest BCUT2D eigenvalue weighted by atomic mass is 10.1. The van der Waals surface area contributed by atoms with Gasteiger partial charge in [0.2, 0.25) is 0 Å². The second kappa shape index (κ2) is 3.94. The smallest absolute Gasteiger partial charge is 0.270 e. The average Bonchev–Trinajstić information content (AvgIpc) is 2.93. The maximum atomic E-state index is 12.3. The molecule has 0 radical (unpaired) electrons. The van der Waals surface area contributed by atoms with Crippen molar-refractivity contribution in [2.24, 2.45) is 0 Å². The van der Waals surface area contributed by atoms with Crippen molar-refractivity contribution in [1.82, 2.24) is 9.88 Å². The molecule has 0 aliphatic carbocycles. The van der Waals surface area contributed by atoms with E-state index in [-0.39, 0.29) is 11.9 Å². The third-order valence-corrected chi connectivity index (χ3v) is 3.50. The van der Waals surface area contributed by atoms with Crippen molar-refractivity contribution in [1.29, 1.82) is 0 Å². The number of nitrogens with one attached hydrogen (secondary N) is 1. The first-order valence-electron chi connectivity index (χ1n) is 5.91. The molecule has 0 bridgehead atoms. The van der Waals surface area contributed by atoms with E-state index in [0.29, 0.717) is 6.61 Å². The van der Waals surface area contributed by atoms with Gasteiger partial charge in [0.1, 0.15) is 5.69 Å². The first-order chi connectivity index (χ1) is 7.86. The maximum Gasteiger partial charge on any atom is 0.270 e. The molecule has 1 amide bonds. The molecule has 0 aromatic carbocycles. The Morgan fingerprint density at radius 2 is 2.44 bits per heavy atom. The van der Waals surface area contributed by atoms with E-state index in [1.165, 1.54) is 0 Å². The van der Waals surface area contributed by atoms with Crippen LogP contribution in [0.15, 0.2) is 12.3 Å². The highest BCUT2D eigenvalue weighted by Gasteiger charge is 2.31. The Bertz CT molecular complexity index is 393. The lowest BCUT2D eigenvalue weighted by Gasteiger charge is -2.26. The van der Waals surface area contributed by atoms with Gasteiger partial charge >= 0.3 is 0 Å². The van der Waals surface area contributed by atoms with E-state index in [2.05, 4.69) is 4.98 Å². The number of hydrogen-bond donors (Lipinski definition) is 1. The Kier molecular flexibility index (Phi) is 2.44. The van der Waals surface area contributed by atoms with Crippen molar-refractivity contribution in [2.75, 3.05) is 19.8 Å². The fourth-order valence-electron chi connectivity index (χ4n) is 2.61. The van der Waals surface area contributed by atoms with Gasteiger partial charge in [-0.05, 0) is 30.9 Å². The zero-order chi connectivity index (χ0) is 11.0. The number of carbonyl (C=O) groups is 1. The minimum Gasteiger partial charge on any atom is -0.379 e. The molecule has 1 aromatic heterocycles. The lowest BCUT2D eigenvalue weighted by molar-refractivity contribution is 0.0655. The summed E-state index contributed by atoms with van der Waals surface area (Å²) >= 11 is 0. The summed E-state index contributed by atoms with van der Waals surface area (Å²) in [5.74, 6) is 0.146. The van der Waals surface area contributed by atoms with Gasteiger partial charge in [0.05, 0.1) is 12.6 Å². The van der Waals surface area contributed by atoms with Gasteiger partial charge in [0.25, 0.3) is 5.91 Å². The second-order valence-electron chi connectivity index (χ2n) is 4.50. The van der Waals surface area contributed by atoms with Gasteiger partial charge in [-0.1, -0.05) is 0 Å². The number of H-pyrrole nitrogens is 1. The molecule has 2 aliphatic heterocycles.